The number of hydrogen-bond donors (Lipinski definition) is 2. The predicted octanol–water partition coefficient (Wildman–Crippen LogP) is 5.76. The maximum atomic E-state index is 11.7. The molecule has 0 aliphatic heterocycles. The SMILES string of the molecule is C=CC(=O)OCC(O)COc1ccc(C2(C3=CC=C(OCC(CO)OC(=O)C=C)C(C)C3)C3=C(C=CC(C)C3)c3ccccc32)cc1. The number of benzene rings is 2. The summed E-state index contributed by atoms with van der Waals surface area (Å²) in [6, 6.07) is 16.6. The van der Waals surface area contributed by atoms with Crippen LogP contribution in [0.2, 0.25) is 0 Å². The molecule has 246 valence electrons. The molecule has 0 fully saturated rings. The molecule has 0 radical (unpaired) electrons. The average Bonchev–Trinajstić information content (AvgIpc) is 3.38. The van der Waals surface area contributed by atoms with Gasteiger partial charge >= 0.3 is 11.9 Å². The first-order valence-corrected chi connectivity index (χ1v) is 15.9. The van der Waals surface area contributed by atoms with Crippen molar-refractivity contribution in [1.29, 1.82) is 0 Å². The van der Waals surface area contributed by atoms with Gasteiger partial charge in [0.1, 0.15) is 31.7 Å². The van der Waals surface area contributed by atoms with Crippen molar-refractivity contribution in [2.45, 2.75) is 44.3 Å². The number of aliphatic hydroxyl groups is 2. The van der Waals surface area contributed by atoms with E-state index in [0.717, 1.165) is 36.3 Å². The van der Waals surface area contributed by atoms with E-state index in [1.165, 1.54) is 27.8 Å². The van der Waals surface area contributed by atoms with Crippen molar-refractivity contribution in [3.05, 3.63) is 132 Å². The molecule has 5 rings (SSSR count). The van der Waals surface area contributed by atoms with Crippen molar-refractivity contribution in [3.63, 3.8) is 0 Å². The average molecular weight is 639 g/mol. The van der Waals surface area contributed by atoms with Gasteiger partial charge in [0.2, 0.25) is 0 Å². The third-order valence-electron chi connectivity index (χ3n) is 8.86. The fraction of sp³-hybridized carbons (Fsp3) is 0.333. The maximum absolute atomic E-state index is 11.7. The molecule has 3 aliphatic carbocycles. The van der Waals surface area contributed by atoms with Crippen molar-refractivity contribution < 1.29 is 38.7 Å². The molecule has 0 saturated heterocycles. The summed E-state index contributed by atoms with van der Waals surface area (Å²) < 4.78 is 22.1. The number of carbonyl (C=O) groups is 2. The molecule has 0 spiro atoms. The van der Waals surface area contributed by atoms with E-state index in [-0.39, 0.29) is 32.3 Å². The zero-order valence-electron chi connectivity index (χ0n) is 26.9. The van der Waals surface area contributed by atoms with E-state index in [2.05, 4.69) is 81.6 Å². The summed E-state index contributed by atoms with van der Waals surface area (Å²) in [6.45, 7) is 10.6. The molecule has 3 aliphatic rings. The Morgan fingerprint density at radius 1 is 0.957 bits per heavy atom. The highest BCUT2D eigenvalue weighted by atomic mass is 16.6. The molecule has 5 unspecified atom stereocenters. The Hall–Kier alpha value is -4.66. The van der Waals surface area contributed by atoms with E-state index >= 15 is 0 Å². The minimum absolute atomic E-state index is 0.0222. The number of carbonyl (C=O) groups excluding carboxylic acids is 2. The van der Waals surface area contributed by atoms with Gasteiger partial charge in [-0.05, 0) is 64.8 Å². The normalized spacial score (nSPS) is 22.6. The molecule has 0 amide bonds. The van der Waals surface area contributed by atoms with Gasteiger partial charge in [0, 0.05) is 18.1 Å². The lowest BCUT2D eigenvalue weighted by atomic mass is 9.62. The fourth-order valence-corrected chi connectivity index (χ4v) is 6.68. The molecule has 8 heteroatoms. The number of fused-ring (bicyclic) bond motifs is 2. The number of allylic oxidation sites excluding steroid dienone is 8. The largest absolute Gasteiger partial charge is 0.494 e. The minimum atomic E-state index is -0.978. The summed E-state index contributed by atoms with van der Waals surface area (Å²) in [5, 5.41) is 19.9. The van der Waals surface area contributed by atoms with Crippen LogP contribution in [0, 0.1) is 11.8 Å². The number of rotatable bonds is 14. The number of hydrogen-bond acceptors (Lipinski definition) is 8. The van der Waals surface area contributed by atoms with Gasteiger partial charge in [-0.1, -0.05) is 87.2 Å². The lowest BCUT2D eigenvalue weighted by Gasteiger charge is -2.41. The second kappa shape index (κ2) is 14.8. The highest BCUT2D eigenvalue weighted by Crippen LogP contribution is 2.59. The van der Waals surface area contributed by atoms with Crippen molar-refractivity contribution in [1.82, 2.24) is 0 Å². The molecule has 0 aromatic heterocycles. The van der Waals surface area contributed by atoms with Gasteiger partial charge in [-0.2, -0.15) is 0 Å². The van der Waals surface area contributed by atoms with Gasteiger partial charge < -0.3 is 29.2 Å². The van der Waals surface area contributed by atoms with Crippen LogP contribution in [0.3, 0.4) is 0 Å². The summed E-state index contributed by atoms with van der Waals surface area (Å²) >= 11 is 0. The Kier molecular flexibility index (Phi) is 10.6. The zero-order valence-corrected chi connectivity index (χ0v) is 26.9. The van der Waals surface area contributed by atoms with Crippen molar-refractivity contribution in [3.8, 4) is 5.75 Å². The van der Waals surface area contributed by atoms with Crippen molar-refractivity contribution in [2.24, 2.45) is 11.8 Å². The van der Waals surface area contributed by atoms with Crippen LogP contribution in [0.1, 0.15) is 43.4 Å². The van der Waals surface area contributed by atoms with Crippen molar-refractivity contribution in [2.75, 3.05) is 26.4 Å². The van der Waals surface area contributed by atoms with E-state index in [1.807, 2.05) is 18.2 Å². The van der Waals surface area contributed by atoms with Crippen LogP contribution in [0.5, 0.6) is 5.75 Å². The third kappa shape index (κ3) is 7.04. The highest BCUT2D eigenvalue weighted by Gasteiger charge is 2.49. The zero-order chi connectivity index (χ0) is 33.6. The van der Waals surface area contributed by atoms with Crippen LogP contribution in [0.25, 0.3) is 5.57 Å². The molecule has 2 aromatic rings. The lowest BCUT2D eigenvalue weighted by Crippen LogP contribution is -2.34. The highest BCUT2D eigenvalue weighted by molar-refractivity contribution is 5.90. The van der Waals surface area contributed by atoms with Gasteiger partial charge in [-0.3, -0.25) is 0 Å². The van der Waals surface area contributed by atoms with E-state index in [4.69, 9.17) is 18.9 Å². The van der Waals surface area contributed by atoms with Crippen LogP contribution in [-0.4, -0.2) is 60.8 Å². The van der Waals surface area contributed by atoms with Crippen LogP contribution in [0.4, 0.5) is 0 Å². The molecule has 5 atom stereocenters. The molecular formula is C39H42O8. The summed E-state index contributed by atoms with van der Waals surface area (Å²) in [5.74, 6) is 0.534. The predicted molar refractivity (Wildman–Crippen MR) is 179 cm³/mol. The van der Waals surface area contributed by atoms with E-state index in [9.17, 15) is 19.8 Å². The molecule has 8 nitrogen and oxygen atoms in total. The molecular weight excluding hydrogens is 596 g/mol. The Bertz CT molecular complexity index is 1630. The molecule has 2 N–H and O–H groups in total. The topological polar surface area (TPSA) is 112 Å². The first-order valence-electron chi connectivity index (χ1n) is 15.9. The standard InChI is InChI=1S/C39H42O8/c1-5-37(42)46-23-29(41)22-44-30-15-12-27(13-16-30)39(34-10-8-7-9-32(34)33-17-11-25(3)19-35(33)39)28-14-18-36(26(4)20-28)45-24-31(21-40)47-38(43)6-2/h5-18,25-26,29,31,40-41H,1-2,19-24H2,3-4H3. The van der Waals surface area contributed by atoms with Crippen molar-refractivity contribution >= 4 is 17.5 Å². The smallest absolute Gasteiger partial charge is 0.330 e. The number of aliphatic hydroxyl groups excluding tert-OH is 2. The number of ether oxygens (including phenoxy) is 4. The van der Waals surface area contributed by atoms with Crippen LogP contribution < -0.4 is 4.74 Å². The Labute approximate surface area is 276 Å². The van der Waals surface area contributed by atoms with Gasteiger partial charge in [0.05, 0.1) is 17.8 Å². The summed E-state index contributed by atoms with van der Waals surface area (Å²) in [4.78, 5) is 23.0. The van der Waals surface area contributed by atoms with E-state index in [1.54, 1.807) is 0 Å². The van der Waals surface area contributed by atoms with Gasteiger partial charge in [0.25, 0.3) is 0 Å². The first-order chi connectivity index (χ1) is 22.7. The Morgan fingerprint density at radius 3 is 2.40 bits per heavy atom. The van der Waals surface area contributed by atoms with E-state index in [0.29, 0.717) is 11.7 Å². The quantitative estimate of drug-likeness (QED) is 0.199. The molecule has 2 aromatic carbocycles. The van der Waals surface area contributed by atoms with Gasteiger partial charge in [-0.25, -0.2) is 9.59 Å². The second-order valence-corrected chi connectivity index (χ2v) is 12.2. The van der Waals surface area contributed by atoms with Gasteiger partial charge in [-0.15, -0.1) is 0 Å². The molecule has 0 saturated carbocycles. The lowest BCUT2D eigenvalue weighted by molar-refractivity contribution is -0.147. The van der Waals surface area contributed by atoms with E-state index < -0.39 is 29.6 Å². The monoisotopic (exact) mass is 638 g/mol. The number of esters is 2. The molecule has 0 heterocycles. The van der Waals surface area contributed by atoms with Crippen LogP contribution in [0.15, 0.2) is 115 Å². The van der Waals surface area contributed by atoms with Crippen LogP contribution >= 0.6 is 0 Å². The Balaban J connectivity index is 1.49. The second-order valence-electron chi connectivity index (χ2n) is 12.2. The minimum Gasteiger partial charge on any atom is -0.494 e. The third-order valence-corrected chi connectivity index (χ3v) is 8.86. The summed E-state index contributed by atoms with van der Waals surface area (Å²) in [5.41, 5.74) is 6.88. The van der Waals surface area contributed by atoms with Crippen LogP contribution in [-0.2, 0) is 29.2 Å². The maximum Gasteiger partial charge on any atom is 0.330 e. The first kappa shape index (κ1) is 33.7. The fourth-order valence-electron chi connectivity index (χ4n) is 6.68. The summed E-state index contributed by atoms with van der Waals surface area (Å²) in [6.07, 6.45) is 10.7. The summed E-state index contributed by atoms with van der Waals surface area (Å²) in [7, 11) is 0. The molecule has 47 heavy (non-hydrogen) atoms. The van der Waals surface area contributed by atoms with Gasteiger partial charge in [0.15, 0.2) is 6.10 Å². The Morgan fingerprint density at radius 2 is 1.70 bits per heavy atom. The molecule has 0 bridgehead atoms.